The van der Waals surface area contributed by atoms with Gasteiger partial charge in [0.1, 0.15) is 11.6 Å². The molecule has 0 aliphatic heterocycles. The smallest absolute Gasteiger partial charge is 0.305 e. The van der Waals surface area contributed by atoms with Gasteiger partial charge in [0.2, 0.25) is 5.91 Å². The molecule has 2 unspecified atom stereocenters. The molecule has 182 valence electrons. The molecule has 1 aromatic heterocycles. The van der Waals surface area contributed by atoms with E-state index in [1.165, 1.54) is 0 Å². The Bertz CT molecular complexity index is 654. The maximum absolute atomic E-state index is 12.0. The topological polar surface area (TPSA) is 107 Å². The van der Waals surface area contributed by atoms with Crippen LogP contribution in [0.5, 0.6) is 0 Å². The lowest BCUT2D eigenvalue weighted by Crippen LogP contribution is -2.37. The van der Waals surface area contributed by atoms with E-state index in [1.54, 1.807) is 27.8 Å². The summed E-state index contributed by atoms with van der Waals surface area (Å²) in [5.74, 6) is 0.257. The summed E-state index contributed by atoms with van der Waals surface area (Å²) in [7, 11) is 3.19. The van der Waals surface area contributed by atoms with Gasteiger partial charge in [0, 0.05) is 31.3 Å². The normalized spacial score (nSPS) is 13.4. The number of hydrogen-bond donors (Lipinski definition) is 2. The Labute approximate surface area is 199 Å². The number of hydrogen-bond acceptors (Lipinski definition) is 9. The molecule has 0 saturated carbocycles. The second-order valence-electron chi connectivity index (χ2n) is 7.97. The Morgan fingerprint density at radius 2 is 2.03 bits per heavy atom. The first kappa shape index (κ1) is 28.7. The van der Waals surface area contributed by atoms with E-state index in [9.17, 15) is 14.7 Å². The Balaban J connectivity index is 2.18. The van der Waals surface area contributed by atoms with Gasteiger partial charge in [0.25, 0.3) is 0 Å². The van der Waals surface area contributed by atoms with Crippen LogP contribution in [-0.2, 0) is 23.8 Å². The quantitative estimate of drug-likeness (QED) is 0.156. The number of amides is 1. The van der Waals surface area contributed by atoms with E-state index in [4.69, 9.17) is 14.2 Å². The Kier molecular flexibility index (Phi) is 14.6. The first-order valence-corrected chi connectivity index (χ1v) is 13.1. The van der Waals surface area contributed by atoms with Gasteiger partial charge >= 0.3 is 5.97 Å². The van der Waals surface area contributed by atoms with E-state index in [1.807, 2.05) is 45.9 Å². The molecule has 0 radical (unpaired) electrons. The van der Waals surface area contributed by atoms with Crippen molar-refractivity contribution in [2.75, 3.05) is 25.5 Å². The first-order valence-electron chi connectivity index (χ1n) is 10.8. The van der Waals surface area contributed by atoms with Crippen molar-refractivity contribution in [3.05, 3.63) is 24.4 Å². The lowest BCUT2D eigenvalue weighted by molar-refractivity contribution is -0.238. The van der Waals surface area contributed by atoms with Crippen LogP contribution in [-0.4, -0.2) is 65.5 Å². The monoisotopic (exact) mass is 488 g/mol. The molecule has 2 N–H and O–H groups in total. The third kappa shape index (κ3) is 14.7. The average Bonchev–Trinajstić information content (AvgIpc) is 2.75. The molecular formula is C22H36N2O6S2. The Hall–Kier alpha value is -1.33. The van der Waals surface area contributed by atoms with Gasteiger partial charge < -0.3 is 24.6 Å². The van der Waals surface area contributed by atoms with Crippen LogP contribution in [0.15, 0.2) is 29.4 Å². The molecule has 0 fully saturated rings. The minimum absolute atomic E-state index is 0.0655. The molecule has 0 aliphatic rings. The maximum atomic E-state index is 12.0. The molecule has 1 aromatic rings. The number of nitrogens with one attached hydrogen (secondary N) is 1. The molecule has 0 spiro atoms. The zero-order valence-corrected chi connectivity index (χ0v) is 21.0. The predicted molar refractivity (Wildman–Crippen MR) is 127 cm³/mol. The Morgan fingerprint density at radius 1 is 1.25 bits per heavy atom. The van der Waals surface area contributed by atoms with Crippen LogP contribution < -0.4 is 5.32 Å². The summed E-state index contributed by atoms with van der Waals surface area (Å²) < 4.78 is 16.7. The Morgan fingerprint density at radius 3 is 2.66 bits per heavy atom. The highest BCUT2D eigenvalue weighted by Crippen LogP contribution is 2.28. The zero-order chi connectivity index (χ0) is 23.8. The van der Waals surface area contributed by atoms with Gasteiger partial charge in [-0.05, 0) is 56.5 Å². The van der Waals surface area contributed by atoms with Crippen LogP contribution in [0, 0.1) is 0 Å². The number of carbonyl (C=O) groups is 2. The number of rotatable bonds is 16. The zero-order valence-electron chi connectivity index (χ0n) is 19.4. The number of aliphatic hydroxyl groups excluding tert-OH is 1. The molecule has 2 atom stereocenters. The van der Waals surface area contributed by atoms with Crippen molar-refractivity contribution < 1.29 is 28.9 Å². The van der Waals surface area contributed by atoms with Gasteiger partial charge in [0.05, 0.1) is 18.3 Å². The molecular weight excluding hydrogens is 452 g/mol. The van der Waals surface area contributed by atoms with Crippen LogP contribution in [0.25, 0.3) is 0 Å². The van der Waals surface area contributed by atoms with Crippen LogP contribution in [0.3, 0.4) is 0 Å². The van der Waals surface area contributed by atoms with E-state index in [0.717, 1.165) is 10.8 Å². The summed E-state index contributed by atoms with van der Waals surface area (Å²) in [5.41, 5.74) is -0.489. The summed E-state index contributed by atoms with van der Waals surface area (Å²) >= 11 is 0. The van der Waals surface area contributed by atoms with Gasteiger partial charge in [-0.3, -0.25) is 9.59 Å². The summed E-state index contributed by atoms with van der Waals surface area (Å²) in [4.78, 5) is 28.2. The number of nitrogens with zero attached hydrogens (tertiary/aromatic N) is 1. The van der Waals surface area contributed by atoms with Crippen molar-refractivity contribution in [2.45, 2.75) is 76.4 Å². The van der Waals surface area contributed by atoms with Crippen molar-refractivity contribution >= 4 is 33.5 Å². The average molecular weight is 489 g/mol. The standard InChI is InChI=1S/C22H36N2O6S2/c1-5-17(15-25)29-21(30-22(2,3)4)16-28-20(27)11-8-9-18(26)23-13-14-31-32-19-10-6-7-12-24-19/h6-7,10,12,17,21,25H,5,8-9,11,13-16H2,1-4H3,(H,23,26). The SMILES string of the molecule is CCC(CO)OC(COC(=O)CCCC(=O)NCCSSc1ccccn1)OC(C)(C)C. The van der Waals surface area contributed by atoms with E-state index in [2.05, 4.69) is 10.3 Å². The number of carbonyl (C=O) groups excluding carboxylic acids is 2. The van der Waals surface area contributed by atoms with Crippen molar-refractivity contribution in [3.63, 3.8) is 0 Å². The van der Waals surface area contributed by atoms with Crippen LogP contribution >= 0.6 is 21.6 Å². The van der Waals surface area contributed by atoms with Crippen molar-refractivity contribution in [1.29, 1.82) is 0 Å². The maximum Gasteiger partial charge on any atom is 0.305 e. The van der Waals surface area contributed by atoms with Gasteiger partial charge in [-0.25, -0.2) is 4.98 Å². The van der Waals surface area contributed by atoms with Gasteiger partial charge in [-0.15, -0.1) is 0 Å². The van der Waals surface area contributed by atoms with Crippen LogP contribution in [0.2, 0.25) is 0 Å². The molecule has 0 aromatic carbocycles. The summed E-state index contributed by atoms with van der Waals surface area (Å²) in [6.07, 6.45) is 2.01. The molecule has 1 heterocycles. The van der Waals surface area contributed by atoms with E-state index < -0.39 is 17.9 Å². The molecule has 8 nitrogen and oxygen atoms in total. The second kappa shape index (κ2) is 16.3. The van der Waals surface area contributed by atoms with Gasteiger partial charge in [-0.1, -0.05) is 23.8 Å². The lowest BCUT2D eigenvalue weighted by atomic mass is 10.2. The minimum Gasteiger partial charge on any atom is -0.460 e. The third-order valence-corrected chi connectivity index (χ3v) is 6.21. The fourth-order valence-electron chi connectivity index (χ4n) is 2.42. The van der Waals surface area contributed by atoms with Crippen molar-refractivity contribution in [1.82, 2.24) is 10.3 Å². The number of aromatic nitrogens is 1. The van der Waals surface area contributed by atoms with Crippen molar-refractivity contribution in [2.24, 2.45) is 0 Å². The number of pyridine rings is 1. The largest absolute Gasteiger partial charge is 0.460 e. The second-order valence-corrected chi connectivity index (χ2v) is 10.4. The fourth-order valence-corrected chi connectivity index (χ4v) is 4.21. The number of aliphatic hydroxyl groups is 1. The molecule has 10 heteroatoms. The summed E-state index contributed by atoms with van der Waals surface area (Å²) in [6, 6.07) is 5.74. The van der Waals surface area contributed by atoms with Gasteiger partial charge in [0.15, 0.2) is 6.29 Å². The summed E-state index contributed by atoms with van der Waals surface area (Å²) in [6.45, 7) is 7.87. The molecule has 0 saturated heterocycles. The van der Waals surface area contributed by atoms with Crippen LogP contribution in [0.1, 0.15) is 53.4 Å². The predicted octanol–water partition coefficient (Wildman–Crippen LogP) is 3.58. The highest BCUT2D eigenvalue weighted by Gasteiger charge is 2.23. The third-order valence-electron chi connectivity index (χ3n) is 3.94. The summed E-state index contributed by atoms with van der Waals surface area (Å²) in [5, 5.41) is 13.1. The van der Waals surface area contributed by atoms with Gasteiger partial charge in [-0.2, -0.15) is 0 Å². The van der Waals surface area contributed by atoms with E-state index in [0.29, 0.717) is 19.4 Å². The highest BCUT2D eigenvalue weighted by molar-refractivity contribution is 8.76. The lowest BCUT2D eigenvalue weighted by Gasteiger charge is -2.29. The van der Waals surface area contributed by atoms with E-state index in [-0.39, 0.29) is 38.1 Å². The van der Waals surface area contributed by atoms with Crippen molar-refractivity contribution in [3.8, 4) is 0 Å². The molecule has 0 bridgehead atoms. The molecule has 0 aliphatic carbocycles. The number of esters is 1. The first-order chi connectivity index (χ1) is 15.2. The fraction of sp³-hybridized carbons (Fsp3) is 0.682. The molecule has 1 amide bonds. The van der Waals surface area contributed by atoms with Crippen LogP contribution in [0.4, 0.5) is 0 Å². The highest BCUT2D eigenvalue weighted by atomic mass is 33.1. The molecule has 1 rings (SSSR count). The number of ether oxygens (including phenoxy) is 3. The minimum atomic E-state index is -0.763. The van der Waals surface area contributed by atoms with E-state index >= 15 is 0 Å². The molecule has 32 heavy (non-hydrogen) atoms.